The van der Waals surface area contributed by atoms with Crippen molar-refractivity contribution in [2.75, 3.05) is 19.6 Å². The molecule has 92 valence electrons. The summed E-state index contributed by atoms with van der Waals surface area (Å²) in [7, 11) is 0. The minimum absolute atomic E-state index is 0.195. The highest BCUT2D eigenvalue weighted by Crippen LogP contribution is 2.02. The van der Waals surface area contributed by atoms with Gasteiger partial charge in [0.2, 0.25) is 0 Å². The summed E-state index contributed by atoms with van der Waals surface area (Å²) in [6.45, 7) is 7.10. The number of allylic oxidation sites excluding steroid dienone is 1. The van der Waals surface area contributed by atoms with E-state index in [4.69, 9.17) is 0 Å². The Kier molecular flexibility index (Phi) is 6.26. The average molecular weight is 231 g/mol. The fourth-order valence-electron chi connectivity index (χ4n) is 1.64. The molecule has 0 heterocycles. The first-order valence-corrected chi connectivity index (χ1v) is 6.24. The van der Waals surface area contributed by atoms with Crippen LogP contribution >= 0.6 is 0 Å². The van der Waals surface area contributed by atoms with Crippen LogP contribution in [-0.4, -0.2) is 30.3 Å². The molecule has 1 aromatic rings. The molecule has 17 heavy (non-hydrogen) atoms. The Morgan fingerprint density at radius 3 is 2.41 bits per heavy atom. The molecule has 0 atom stereocenters. The number of ketones is 1. The lowest BCUT2D eigenvalue weighted by atomic mass is 10.1. The molecule has 2 heteroatoms. The second-order valence-electron chi connectivity index (χ2n) is 3.99. The minimum Gasteiger partial charge on any atom is -0.303 e. The Labute approximate surface area is 104 Å². The molecule has 0 saturated heterocycles. The number of benzene rings is 1. The number of nitrogens with zero attached hydrogens (tertiary/aromatic N) is 1. The van der Waals surface area contributed by atoms with Crippen molar-refractivity contribution in [3.63, 3.8) is 0 Å². The standard InChI is InChI=1S/C15H21NO/c1-3-16(4-2)13-12-15(17)11-10-14-8-6-5-7-9-14/h5-11H,3-4,12-13H2,1-2H3. The van der Waals surface area contributed by atoms with E-state index in [-0.39, 0.29) is 5.78 Å². The zero-order valence-electron chi connectivity index (χ0n) is 10.7. The summed E-state index contributed by atoms with van der Waals surface area (Å²) in [5, 5.41) is 0. The zero-order chi connectivity index (χ0) is 12.5. The molecule has 0 aliphatic rings. The van der Waals surface area contributed by atoms with Crippen molar-refractivity contribution in [2.24, 2.45) is 0 Å². The number of hydrogen-bond donors (Lipinski definition) is 0. The van der Waals surface area contributed by atoms with Crippen molar-refractivity contribution >= 4 is 11.9 Å². The molecule has 2 nitrogen and oxygen atoms in total. The van der Waals surface area contributed by atoms with Crippen molar-refractivity contribution in [2.45, 2.75) is 20.3 Å². The zero-order valence-corrected chi connectivity index (χ0v) is 10.7. The molecule has 0 aromatic heterocycles. The van der Waals surface area contributed by atoms with Crippen molar-refractivity contribution in [3.05, 3.63) is 42.0 Å². The van der Waals surface area contributed by atoms with Gasteiger partial charge in [-0.25, -0.2) is 0 Å². The molecule has 0 amide bonds. The second kappa shape index (κ2) is 7.80. The molecule has 0 fully saturated rings. The summed E-state index contributed by atoms with van der Waals surface area (Å²) in [5.41, 5.74) is 1.07. The summed E-state index contributed by atoms with van der Waals surface area (Å²) in [4.78, 5) is 13.9. The molecule has 0 unspecified atom stereocenters. The predicted molar refractivity (Wildman–Crippen MR) is 72.9 cm³/mol. The smallest absolute Gasteiger partial charge is 0.156 e. The third-order valence-corrected chi connectivity index (χ3v) is 2.83. The average Bonchev–Trinajstić information content (AvgIpc) is 2.39. The highest BCUT2D eigenvalue weighted by atomic mass is 16.1. The molecule has 0 saturated carbocycles. The number of hydrogen-bond acceptors (Lipinski definition) is 2. The van der Waals surface area contributed by atoms with Crippen LogP contribution in [0.1, 0.15) is 25.8 Å². The predicted octanol–water partition coefficient (Wildman–Crippen LogP) is 3.00. The molecular formula is C15H21NO. The third-order valence-electron chi connectivity index (χ3n) is 2.83. The van der Waals surface area contributed by atoms with Gasteiger partial charge in [-0.05, 0) is 24.7 Å². The Morgan fingerprint density at radius 2 is 1.82 bits per heavy atom. The maximum Gasteiger partial charge on any atom is 0.156 e. The van der Waals surface area contributed by atoms with E-state index in [1.54, 1.807) is 6.08 Å². The summed E-state index contributed by atoms with van der Waals surface area (Å²) in [6.07, 6.45) is 4.16. The van der Waals surface area contributed by atoms with E-state index in [9.17, 15) is 4.79 Å². The van der Waals surface area contributed by atoms with Gasteiger partial charge in [-0.1, -0.05) is 50.3 Å². The van der Waals surface area contributed by atoms with Crippen molar-refractivity contribution in [1.82, 2.24) is 4.90 Å². The van der Waals surface area contributed by atoms with Gasteiger partial charge in [0.25, 0.3) is 0 Å². The summed E-state index contributed by atoms with van der Waals surface area (Å²) in [5.74, 6) is 0.195. The van der Waals surface area contributed by atoms with Crippen LogP contribution in [0.3, 0.4) is 0 Å². The highest BCUT2D eigenvalue weighted by Gasteiger charge is 2.02. The SMILES string of the molecule is CCN(CC)CCC(=O)C=Cc1ccccc1. The lowest BCUT2D eigenvalue weighted by Crippen LogP contribution is -2.25. The number of carbonyl (C=O) groups excluding carboxylic acids is 1. The molecule has 0 aliphatic carbocycles. The van der Waals surface area contributed by atoms with Crippen LogP contribution in [0.4, 0.5) is 0 Å². The van der Waals surface area contributed by atoms with Gasteiger partial charge in [0.15, 0.2) is 5.78 Å². The molecular weight excluding hydrogens is 210 g/mol. The molecule has 0 bridgehead atoms. The number of rotatable bonds is 7. The van der Waals surface area contributed by atoms with E-state index in [1.165, 1.54) is 0 Å². The van der Waals surface area contributed by atoms with E-state index in [0.29, 0.717) is 6.42 Å². The minimum atomic E-state index is 0.195. The van der Waals surface area contributed by atoms with Crippen LogP contribution in [0.5, 0.6) is 0 Å². The monoisotopic (exact) mass is 231 g/mol. The van der Waals surface area contributed by atoms with E-state index < -0.39 is 0 Å². The molecule has 0 aliphatic heterocycles. The number of carbonyl (C=O) groups is 1. The van der Waals surface area contributed by atoms with Crippen LogP contribution in [-0.2, 0) is 4.79 Å². The van der Waals surface area contributed by atoms with Crippen molar-refractivity contribution in [3.8, 4) is 0 Å². The van der Waals surface area contributed by atoms with Gasteiger partial charge in [0.1, 0.15) is 0 Å². The molecule has 1 rings (SSSR count). The normalized spacial score (nSPS) is 11.2. The molecule has 1 aromatic carbocycles. The molecule has 0 spiro atoms. The fraction of sp³-hybridized carbons (Fsp3) is 0.400. The van der Waals surface area contributed by atoms with Gasteiger partial charge in [0.05, 0.1) is 0 Å². The van der Waals surface area contributed by atoms with E-state index in [0.717, 1.165) is 25.2 Å². The van der Waals surface area contributed by atoms with E-state index in [2.05, 4.69) is 18.7 Å². The maximum absolute atomic E-state index is 11.6. The van der Waals surface area contributed by atoms with Crippen LogP contribution < -0.4 is 0 Å². The van der Waals surface area contributed by atoms with Crippen molar-refractivity contribution in [1.29, 1.82) is 0 Å². The van der Waals surface area contributed by atoms with Gasteiger partial charge >= 0.3 is 0 Å². The van der Waals surface area contributed by atoms with Gasteiger partial charge in [0, 0.05) is 13.0 Å². The van der Waals surface area contributed by atoms with Gasteiger partial charge in [-0.3, -0.25) is 4.79 Å². The topological polar surface area (TPSA) is 20.3 Å². The van der Waals surface area contributed by atoms with Crippen molar-refractivity contribution < 1.29 is 4.79 Å². The summed E-state index contributed by atoms with van der Waals surface area (Å²) < 4.78 is 0. The Morgan fingerprint density at radius 1 is 1.18 bits per heavy atom. The summed E-state index contributed by atoms with van der Waals surface area (Å²) >= 11 is 0. The quantitative estimate of drug-likeness (QED) is 0.672. The van der Waals surface area contributed by atoms with Gasteiger partial charge in [-0.2, -0.15) is 0 Å². The first-order valence-electron chi connectivity index (χ1n) is 6.24. The third kappa shape index (κ3) is 5.45. The van der Waals surface area contributed by atoms with Crippen LogP contribution in [0.2, 0.25) is 0 Å². The van der Waals surface area contributed by atoms with Gasteiger partial charge in [-0.15, -0.1) is 0 Å². The fourth-order valence-corrected chi connectivity index (χ4v) is 1.64. The maximum atomic E-state index is 11.6. The van der Waals surface area contributed by atoms with Gasteiger partial charge < -0.3 is 4.90 Å². The Hall–Kier alpha value is -1.41. The molecule has 0 N–H and O–H groups in total. The first-order chi connectivity index (χ1) is 8.26. The second-order valence-corrected chi connectivity index (χ2v) is 3.99. The summed E-state index contributed by atoms with van der Waals surface area (Å²) in [6, 6.07) is 9.90. The Balaban J connectivity index is 2.37. The largest absolute Gasteiger partial charge is 0.303 e. The first kappa shape index (κ1) is 13.7. The lowest BCUT2D eigenvalue weighted by molar-refractivity contribution is -0.114. The highest BCUT2D eigenvalue weighted by molar-refractivity contribution is 5.93. The Bertz CT molecular complexity index is 352. The van der Waals surface area contributed by atoms with E-state index in [1.807, 2.05) is 36.4 Å². The van der Waals surface area contributed by atoms with Crippen LogP contribution in [0.15, 0.2) is 36.4 Å². The molecule has 0 radical (unpaired) electrons. The van der Waals surface area contributed by atoms with Crippen LogP contribution in [0.25, 0.3) is 6.08 Å². The van der Waals surface area contributed by atoms with Crippen LogP contribution in [0, 0.1) is 0 Å². The van der Waals surface area contributed by atoms with E-state index >= 15 is 0 Å². The lowest BCUT2D eigenvalue weighted by Gasteiger charge is -2.16.